The summed E-state index contributed by atoms with van der Waals surface area (Å²) in [6, 6.07) is 17.7. The van der Waals surface area contributed by atoms with Gasteiger partial charge in [0.15, 0.2) is 11.5 Å². The number of ether oxygens (including phenoxy) is 3. The molecule has 7 heteroatoms. The van der Waals surface area contributed by atoms with Gasteiger partial charge in [-0.3, -0.25) is 4.79 Å². The lowest BCUT2D eigenvalue weighted by Gasteiger charge is -2.16. The molecule has 0 aliphatic rings. The lowest BCUT2D eigenvalue weighted by atomic mass is 10.1. The molecule has 1 heterocycles. The Balaban J connectivity index is 1.53. The first kappa shape index (κ1) is 21.6. The van der Waals surface area contributed by atoms with Crippen molar-refractivity contribution in [1.82, 2.24) is 9.88 Å². The van der Waals surface area contributed by atoms with Crippen LogP contribution >= 0.6 is 11.3 Å². The van der Waals surface area contributed by atoms with Gasteiger partial charge in [0, 0.05) is 19.0 Å². The van der Waals surface area contributed by atoms with Crippen LogP contribution in [0, 0.1) is 0 Å². The Morgan fingerprint density at radius 1 is 0.969 bits per heavy atom. The lowest BCUT2D eigenvalue weighted by Crippen LogP contribution is -2.26. The first-order valence-corrected chi connectivity index (χ1v) is 10.9. The maximum Gasteiger partial charge on any atom is 0.273 e. The van der Waals surface area contributed by atoms with Gasteiger partial charge in [-0.2, -0.15) is 0 Å². The van der Waals surface area contributed by atoms with Crippen molar-refractivity contribution in [2.45, 2.75) is 6.54 Å². The molecule has 0 spiro atoms. The van der Waals surface area contributed by atoms with Crippen molar-refractivity contribution in [2.24, 2.45) is 0 Å². The van der Waals surface area contributed by atoms with Gasteiger partial charge in [0.2, 0.25) is 0 Å². The zero-order valence-corrected chi connectivity index (χ0v) is 19.2. The maximum atomic E-state index is 13.0. The van der Waals surface area contributed by atoms with E-state index >= 15 is 0 Å². The zero-order valence-electron chi connectivity index (χ0n) is 18.4. The molecule has 3 aromatic carbocycles. The molecular formula is C25H24N2O4S. The fourth-order valence-corrected chi connectivity index (χ4v) is 4.41. The van der Waals surface area contributed by atoms with Crippen LogP contribution in [0.4, 0.5) is 0 Å². The highest BCUT2D eigenvalue weighted by Crippen LogP contribution is 2.39. The number of thiazole rings is 1. The summed E-state index contributed by atoms with van der Waals surface area (Å²) in [6.45, 7) is 0.482. The smallest absolute Gasteiger partial charge is 0.273 e. The topological polar surface area (TPSA) is 60.9 Å². The van der Waals surface area contributed by atoms with Crippen LogP contribution in [0.1, 0.15) is 16.1 Å². The number of rotatable bonds is 7. The van der Waals surface area contributed by atoms with Gasteiger partial charge in [-0.15, -0.1) is 11.3 Å². The standard InChI is InChI=1S/C25H24N2O4S/c1-27(14-16-8-9-18-13-19(29-2)11-10-17(18)12-16)25(28)21-15-32-24(26-21)20-6-5-7-22(30-3)23(20)31-4/h5-13,15H,14H2,1-4H3. The van der Waals surface area contributed by atoms with Crippen molar-refractivity contribution >= 4 is 28.0 Å². The molecule has 32 heavy (non-hydrogen) atoms. The van der Waals surface area contributed by atoms with E-state index in [0.717, 1.165) is 27.6 Å². The average molecular weight is 449 g/mol. The first-order valence-electron chi connectivity index (χ1n) is 10.0. The van der Waals surface area contributed by atoms with Crippen molar-refractivity contribution in [3.8, 4) is 27.8 Å². The summed E-state index contributed by atoms with van der Waals surface area (Å²) in [6.07, 6.45) is 0. The SMILES string of the molecule is COc1ccc2cc(CN(C)C(=O)c3csc(-c4cccc(OC)c4OC)n3)ccc2c1. The summed E-state index contributed by atoms with van der Waals surface area (Å²) in [5.41, 5.74) is 2.25. The third-order valence-corrected chi connectivity index (χ3v) is 6.11. The fraction of sp³-hybridized carbons (Fsp3) is 0.200. The number of methoxy groups -OCH3 is 3. The molecule has 0 saturated carbocycles. The maximum absolute atomic E-state index is 13.0. The molecule has 0 radical (unpaired) electrons. The fourth-order valence-electron chi connectivity index (χ4n) is 3.59. The van der Waals surface area contributed by atoms with Crippen LogP contribution in [0.3, 0.4) is 0 Å². The van der Waals surface area contributed by atoms with Gasteiger partial charge in [-0.25, -0.2) is 4.98 Å². The number of hydrogen-bond donors (Lipinski definition) is 0. The van der Waals surface area contributed by atoms with E-state index in [1.807, 2.05) is 48.5 Å². The Morgan fingerprint density at radius 3 is 2.50 bits per heavy atom. The Hall–Kier alpha value is -3.58. The van der Waals surface area contributed by atoms with Crippen LogP contribution in [0.15, 0.2) is 60.0 Å². The van der Waals surface area contributed by atoms with E-state index in [4.69, 9.17) is 14.2 Å². The van der Waals surface area contributed by atoms with E-state index in [9.17, 15) is 4.79 Å². The number of amides is 1. The number of hydrogen-bond acceptors (Lipinski definition) is 6. The molecule has 0 fully saturated rings. The minimum Gasteiger partial charge on any atom is -0.497 e. The second-order valence-electron chi connectivity index (χ2n) is 7.29. The van der Waals surface area contributed by atoms with E-state index < -0.39 is 0 Å². The molecule has 0 unspecified atom stereocenters. The van der Waals surface area contributed by atoms with Gasteiger partial charge in [0.1, 0.15) is 16.5 Å². The van der Waals surface area contributed by atoms with E-state index in [0.29, 0.717) is 28.7 Å². The average Bonchev–Trinajstić information content (AvgIpc) is 3.32. The second kappa shape index (κ2) is 9.28. The third kappa shape index (κ3) is 4.24. The van der Waals surface area contributed by atoms with Gasteiger partial charge in [0.05, 0.1) is 26.9 Å². The van der Waals surface area contributed by atoms with E-state index in [2.05, 4.69) is 11.1 Å². The summed E-state index contributed by atoms with van der Waals surface area (Å²) in [5, 5.41) is 4.68. The highest BCUT2D eigenvalue weighted by Gasteiger charge is 2.19. The summed E-state index contributed by atoms with van der Waals surface area (Å²) in [7, 11) is 6.63. The monoisotopic (exact) mass is 448 g/mol. The summed E-state index contributed by atoms with van der Waals surface area (Å²) in [5.74, 6) is 1.91. The molecule has 0 atom stereocenters. The Kier molecular flexibility index (Phi) is 6.28. The molecule has 4 aromatic rings. The number of benzene rings is 3. The van der Waals surface area contributed by atoms with Crippen LogP contribution in [-0.4, -0.2) is 44.2 Å². The molecule has 164 valence electrons. The van der Waals surface area contributed by atoms with Crippen LogP contribution < -0.4 is 14.2 Å². The van der Waals surface area contributed by atoms with Gasteiger partial charge < -0.3 is 19.1 Å². The Bertz CT molecular complexity index is 1270. The normalized spacial score (nSPS) is 10.8. The first-order chi connectivity index (χ1) is 15.5. The number of carbonyl (C=O) groups excluding carboxylic acids is 1. The van der Waals surface area contributed by atoms with Gasteiger partial charge in [0.25, 0.3) is 5.91 Å². The van der Waals surface area contributed by atoms with Crippen LogP contribution in [-0.2, 0) is 6.54 Å². The minimum atomic E-state index is -0.135. The van der Waals surface area contributed by atoms with Gasteiger partial charge in [-0.05, 0) is 46.7 Å². The number of para-hydroxylation sites is 1. The van der Waals surface area contributed by atoms with E-state index in [1.54, 1.807) is 38.7 Å². The highest BCUT2D eigenvalue weighted by molar-refractivity contribution is 7.13. The number of aromatic nitrogens is 1. The van der Waals surface area contributed by atoms with E-state index in [-0.39, 0.29) is 5.91 Å². The van der Waals surface area contributed by atoms with Gasteiger partial charge in [-0.1, -0.05) is 24.3 Å². The lowest BCUT2D eigenvalue weighted by molar-refractivity contribution is 0.0780. The predicted molar refractivity (Wildman–Crippen MR) is 127 cm³/mol. The zero-order chi connectivity index (χ0) is 22.7. The molecule has 1 amide bonds. The molecule has 0 bridgehead atoms. The number of fused-ring (bicyclic) bond motifs is 1. The molecule has 6 nitrogen and oxygen atoms in total. The van der Waals surface area contributed by atoms with Crippen molar-refractivity contribution in [3.05, 3.63) is 71.2 Å². The molecule has 0 aliphatic heterocycles. The predicted octanol–water partition coefficient (Wildman–Crippen LogP) is 5.26. The Morgan fingerprint density at radius 2 is 1.75 bits per heavy atom. The summed E-state index contributed by atoms with van der Waals surface area (Å²) >= 11 is 1.40. The van der Waals surface area contributed by atoms with Crippen LogP contribution in [0.5, 0.6) is 17.2 Å². The summed E-state index contributed by atoms with van der Waals surface area (Å²) in [4.78, 5) is 19.3. The molecular weight excluding hydrogens is 424 g/mol. The van der Waals surface area contributed by atoms with Crippen LogP contribution in [0.2, 0.25) is 0 Å². The highest BCUT2D eigenvalue weighted by atomic mass is 32.1. The number of carbonyl (C=O) groups is 1. The molecule has 0 aliphatic carbocycles. The van der Waals surface area contributed by atoms with Crippen molar-refractivity contribution in [3.63, 3.8) is 0 Å². The summed E-state index contributed by atoms with van der Waals surface area (Å²) < 4.78 is 16.2. The Labute approximate surface area is 191 Å². The van der Waals surface area contributed by atoms with Gasteiger partial charge >= 0.3 is 0 Å². The number of nitrogens with zero attached hydrogens (tertiary/aromatic N) is 2. The molecule has 0 N–H and O–H groups in total. The molecule has 4 rings (SSSR count). The van der Waals surface area contributed by atoms with Crippen LogP contribution in [0.25, 0.3) is 21.3 Å². The van der Waals surface area contributed by atoms with E-state index in [1.165, 1.54) is 11.3 Å². The molecule has 0 saturated heterocycles. The van der Waals surface area contributed by atoms with Crippen molar-refractivity contribution < 1.29 is 19.0 Å². The minimum absolute atomic E-state index is 0.135. The third-order valence-electron chi connectivity index (χ3n) is 5.23. The van der Waals surface area contributed by atoms with Crippen molar-refractivity contribution in [2.75, 3.05) is 28.4 Å². The molecule has 1 aromatic heterocycles. The second-order valence-corrected chi connectivity index (χ2v) is 8.15. The largest absolute Gasteiger partial charge is 0.497 e. The van der Waals surface area contributed by atoms with Crippen molar-refractivity contribution in [1.29, 1.82) is 0 Å². The quantitative estimate of drug-likeness (QED) is 0.386.